The van der Waals surface area contributed by atoms with Gasteiger partial charge in [-0.15, -0.1) is 5.10 Å². The third kappa shape index (κ3) is 4.62. The van der Waals surface area contributed by atoms with Crippen LogP contribution in [0, 0.1) is 12.8 Å². The largest absolute Gasteiger partial charge is 0.489 e. The number of aromatic nitrogens is 6. The number of ether oxygens (including phenoxy) is 1. The maximum atomic E-state index is 11.4. The molecule has 2 aliphatic rings. The highest BCUT2D eigenvalue weighted by Crippen LogP contribution is 2.40. The topological polar surface area (TPSA) is 120 Å². The number of carboxylic acid groups (broad SMARTS) is 1. The van der Waals surface area contributed by atoms with Gasteiger partial charge in [-0.25, -0.2) is 9.67 Å². The van der Waals surface area contributed by atoms with Gasteiger partial charge >= 0.3 is 5.97 Å². The van der Waals surface area contributed by atoms with E-state index in [4.69, 9.17) is 9.72 Å². The number of aryl methyl sites for hydroxylation is 3. The number of nitrogens with zero attached hydrogens (tertiary/aromatic N) is 6. The molecule has 3 aromatic rings. The summed E-state index contributed by atoms with van der Waals surface area (Å²) in [5.41, 5.74) is 4.27. The highest BCUT2D eigenvalue weighted by Gasteiger charge is 2.29. The molecule has 0 radical (unpaired) electrons. The summed E-state index contributed by atoms with van der Waals surface area (Å²) in [5.74, 6) is 1.19. The van der Waals surface area contributed by atoms with Gasteiger partial charge in [-0.3, -0.25) is 9.48 Å². The minimum Gasteiger partial charge on any atom is -0.489 e. The van der Waals surface area contributed by atoms with Gasteiger partial charge in [0.15, 0.2) is 0 Å². The Morgan fingerprint density at radius 3 is 2.76 bits per heavy atom. The first-order valence-corrected chi connectivity index (χ1v) is 11.9. The molecule has 10 nitrogen and oxygen atoms in total. The molecule has 2 aliphatic carbocycles. The van der Waals surface area contributed by atoms with Crippen molar-refractivity contribution in [1.82, 2.24) is 29.8 Å². The summed E-state index contributed by atoms with van der Waals surface area (Å²) < 4.78 is 9.79. The van der Waals surface area contributed by atoms with Gasteiger partial charge in [-0.2, -0.15) is 5.10 Å². The molecular formula is C24H31N7O3. The van der Waals surface area contributed by atoms with E-state index < -0.39 is 5.97 Å². The zero-order valence-corrected chi connectivity index (χ0v) is 19.9. The fraction of sp³-hybridized carbons (Fsp3) is 0.542. The van der Waals surface area contributed by atoms with E-state index in [9.17, 15) is 9.90 Å². The average molecular weight is 466 g/mol. The van der Waals surface area contributed by atoms with E-state index in [-0.39, 0.29) is 12.0 Å². The van der Waals surface area contributed by atoms with Gasteiger partial charge in [0.05, 0.1) is 41.3 Å². The number of hydrogen-bond donors (Lipinski definition) is 2. The second-order valence-electron chi connectivity index (χ2n) is 9.44. The van der Waals surface area contributed by atoms with Crippen molar-refractivity contribution in [2.45, 2.75) is 64.0 Å². The van der Waals surface area contributed by atoms with Crippen molar-refractivity contribution in [3.63, 3.8) is 0 Å². The Balaban J connectivity index is 1.30. The van der Waals surface area contributed by atoms with E-state index in [1.807, 2.05) is 37.8 Å². The molecule has 10 heteroatoms. The molecule has 2 atom stereocenters. The summed E-state index contributed by atoms with van der Waals surface area (Å²) in [6.07, 6.45) is 5.32. The van der Waals surface area contributed by atoms with E-state index in [0.717, 1.165) is 53.5 Å². The van der Waals surface area contributed by atoms with Crippen molar-refractivity contribution in [3.05, 3.63) is 35.3 Å². The monoisotopic (exact) mass is 465 g/mol. The summed E-state index contributed by atoms with van der Waals surface area (Å²) >= 11 is 0. The molecule has 2 N–H and O–H groups in total. The number of carbonyl (C=O) groups is 1. The molecule has 0 unspecified atom stereocenters. The standard InChI is InChI=1S/C24H31N7O3/c1-14-21(34-17-6-4-5-16(11-17)24(32)33)10-9-18(26-14)23-20(30(2)29-27-23)13-25-22-12-19(15-7-8-15)28-31(22)3/h9-10,12,15-17,25H,4-8,11,13H2,1-3H3,(H,32,33)/t16-,17-/m0/s1. The van der Waals surface area contributed by atoms with E-state index in [2.05, 4.69) is 26.8 Å². The van der Waals surface area contributed by atoms with Gasteiger partial charge in [-0.05, 0) is 57.6 Å². The molecule has 180 valence electrons. The molecule has 0 bridgehead atoms. The molecule has 0 amide bonds. The molecule has 34 heavy (non-hydrogen) atoms. The Kier molecular flexibility index (Phi) is 5.97. The molecule has 3 heterocycles. The average Bonchev–Trinajstić information content (AvgIpc) is 3.51. The van der Waals surface area contributed by atoms with E-state index >= 15 is 0 Å². The van der Waals surface area contributed by atoms with Crippen LogP contribution in [0.1, 0.15) is 61.5 Å². The van der Waals surface area contributed by atoms with Crippen LogP contribution in [0.3, 0.4) is 0 Å². The van der Waals surface area contributed by atoms with Gasteiger partial charge in [0.2, 0.25) is 0 Å². The SMILES string of the molecule is Cc1nc(-c2nnn(C)c2CNc2cc(C3CC3)nn2C)ccc1O[C@H]1CCC[C@H](C(=O)O)C1. The summed E-state index contributed by atoms with van der Waals surface area (Å²) in [4.78, 5) is 16.1. The van der Waals surface area contributed by atoms with Crippen LogP contribution in [-0.2, 0) is 25.4 Å². The van der Waals surface area contributed by atoms with Gasteiger partial charge in [0.1, 0.15) is 17.3 Å². The smallest absolute Gasteiger partial charge is 0.306 e. The zero-order chi connectivity index (χ0) is 23.8. The number of rotatable bonds is 8. The first kappa shape index (κ1) is 22.4. The van der Waals surface area contributed by atoms with Gasteiger partial charge in [-0.1, -0.05) is 5.21 Å². The molecule has 2 fully saturated rings. The lowest BCUT2D eigenvalue weighted by atomic mass is 9.87. The maximum Gasteiger partial charge on any atom is 0.306 e. The van der Waals surface area contributed by atoms with Crippen LogP contribution in [0.15, 0.2) is 18.2 Å². The number of carboxylic acids is 1. The van der Waals surface area contributed by atoms with E-state index in [1.165, 1.54) is 12.8 Å². The molecule has 5 rings (SSSR count). The fourth-order valence-corrected chi connectivity index (χ4v) is 4.64. The van der Waals surface area contributed by atoms with Gasteiger partial charge < -0.3 is 15.2 Å². The van der Waals surface area contributed by atoms with Crippen molar-refractivity contribution in [3.8, 4) is 17.1 Å². The fourth-order valence-electron chi connectivity index (χ4n) is 4.64. The van der Waals surface area contributed by atoms with E-state index in [1.54, 1.807) is 4.68 Å². The predicted octanol–water partition coefficient (Wildman–Crippen LogP) is 3.43. The second-order valence-corrected chi connectivity index (χ2v) is 9.44. The number of aliphatic carboxylic acids is 1. The second kappa shape index (κ2) is 9.08. The van der Waals surface area contributed by atoms with Crippen molar-refractivity contribution in [2.24, 2.45) is 20.0 Å². The quantitative estimate of drug-likeness (QED) is 0.519. The summed E-state index contributed by atoms with van der Waals surface area (Å²) in [7, 11) is 3.82. The molecule has 0 aliphatic heterocycles. The first-order chi connectivity index (χ1) is 16.4. The van der Waals surface area contributed by atoms with Crippen LogP contribution in [0.5, 0.6) is 5.75 Å². The van der Waals surface area contributed by atoms with E-state index in [0.29, 0.717) is 24.6 Å². The summed E-state index contributed by atoms with van der Waals surface area (Å²) in [5, 5.41) is 26.0. The lowest BCUT2D eigenvalue weighted by Gasteiger charge is -2.27. The normalized spacial score (nSPS) is 20.3. The van der Waals surface area contributed by atoms with Crippen molar-refractivity contribution in [1.29, 1.82) is 0 Å². The predicted molar refractivity (Wildman–Crippen MR) is 125 cm³/mol. The highest BCUT2D eigenvalue weighted by molar-refractivity contribution is 5.70. The number of nitrogens with one attached hydrogen (secondary N) is 1. The molecule has 0 spiro atoms. The lowest BCUT2D eigenvalue weighted by molar-refractivity contribution is -0.143. The number of anilines is 1. The van der Waals surface area contributed by atoms with Crippen molar-refractivity contribution in [2.75, 3.05) is 5.32 Å². The summed E-state index contributed by atoms with van der Waals surface area (Å²) in [6, 6.07) is 5.91. The Bertz CT molecular complexity index is 1200. The van der Waals surface area contributed by atoms with Crippen LogP contribution in [0.4, 0.5) is 5.82 Å². The Hall–Kier alpha value is -3.43. The zero-order valence-electron chi connectivity index (χ0n) is 19.9. The van der Waals surface area contributed by atoms with Crippen molar-refractivity contribution >= 4 is 11.8 Å². The molecule has 0 aromatic carbocycles. The molecule has 2 saturated carbocycles. The molecular weight excluding hydrogens is 434 g/mol. The molecule has 3 aromatic heterocycles. The van der Waals surface area contributed by atoms with Gasteiger partial charge in [0, 0.05) is 26.1 Å². The summed E-state index contributed by atoms with van der Waals surface area (Å²) in [6.45, 7) is 2.44. The number of hydrogen-bond acceptors (Lipinski definition) is 7. The van der Waals surface area contributed by atoms with Crippen LogP contribution < -0.4 is 10.1 Å². The van der Waals surface area contributed by atoms with Crippen LogP contribution in [0.25, 0.3) is 11.4 Å². The van der Waals surface area contributed by atoms with Crippen LogP contribution in [0.2, 0.25) is 0 Å². The maximum absolute atomic E-state index is 11.4. The Labute approximate surface area is 198 Å². The first-order valence-electron chi connectivity index (χ1n) is 11.9. The van der Waals surface area contributed by atoms with Crippen LogP contribution in [-0.4, -0.2) is 46.9 Å². The minimum atomic E-state index is -0.739. The lowest BCUT2D eigenvalue weighted by Crippen LogP contribution is -2.29. The third-order valence-corrected chi connectivity index (χ3v) is 6.82. The Morgan fingerprint density at radius 2 is 2.03 bits per heavy atom. The molecule has 0 saturated heterocycles. The van der Waals surface area contributed by atoms with Gasteiger partial charge in [0.25, 0.3) is 0 Å². The number of pyridine rings is 1. The van der Waals surface area contributed by atoms with Crippen LogP contribution >= 0.6 is 0 Å². The third-order valence-electron chi connectivity index (χ3n) is 6.82. The highest BCUT2D eigenvalue weighted by atomic mass is 16.5. The minimum absolute atomic E-state index is 0.100. The Morgan fingerprint density at radius 1 is 1.21 bits per heavy atom. The van der Waals surface area contributed by atoms with Crippen molar-refractivity contribution < 1.29 is 14.6 Å².